The molecule has 0 saturated carbocycles. The molecule has 2 amide bonds. The highest BCUT2D eigenvalue weighted by molar-refractivity contribution is 6.23. The number of benzene rings is 1. The minimum atomic E-state index is -1.07. The maximum absolute atomic E-state index is 13.0. The fourth-order valence-electron chi connectivity index (χ4n) is 3.89. The van der Waals surface area contributed by atoms with Crippen molar-refractivity contribution in [1.29, 1.82) is 0 Å². The smallest absolute Gasteiger partial charge is 0.302 e. The molecule has 3 aliphatic rings. The highest BCUT2D eigenvalue weighted by atomic mass is 16.6. The molecule has 1 aromatic carbocycles. The molecule has 3 aliphatic heterocycles. The number of carbonyl (C=O) groups is 3. The van der Waals surface area contributed by atoms with E-state index in [1.165, 1.54) is 18.9 Å². The molecule has 0 spiro atoms. The number of imide groups is 1. The van der Waals surface area contributed by atoms with Gasteiger partial charge in [-0.1, -0.05) is 12.1 Å². The van der Waals surface area contributed by atoms with Crippen LogP contribution in [0.3, 0.4) is 0 Å². The lowest BCUT2D eigenvalue weighted by Gasteiger charge is -2.28. The van der Waals surface area contributed by atoms with Crippen LogP contribution in [-0.2, 0) is 23.9 Å². The zero-order valence-electron chi connectivity index (χ0n) is 13.8. The molecular weight excluding hydrogens is 326 g/mol. The molecule has 2 bridgehead atoms. The third kappa shape index (κ3) is 2.19. The van der Waals surface area contributed by atoms with Crippen molar-refractivity contribution in [2.45, 2.75) is 18.6 Å². The van der Waals surface area contributed by atoms with Crippen molar-refractivity contribution in [3.8, 4) is 5.75 Å². The molecule has 0 N–H and O–H groups in total. The van der Waals surface area contributed by atoms with Crippen LogP contribution >= 0.6 is 0 Å². The van der Waals surface area contributed by atoms with Crippen molar-refractivity contribution in [2.75, 3.05) is 18.6 Å². The van der Waals surface area contributed by atoms with Gasteiger partial charge in [0, 0.05) is 13.0 Å². The van der Waals surface area contributed by atoms with Crippen LogP contribution in [0.1, 0.15) is 6.92 Å². The first-order valence-electron chi connectivity index (χ1n) is 7.99. The van der Waals surface area contributed by atoms with E-state index in [-0.39, 0.29) is 18.4 Å². The molecule has 0 aliphatic carbocycles. The van der Waals surface area contributed by atoms with Gasteiger partial charge in [0.2, 0.25) is 11.8 Å². The van der Waals surface area contributed by atoms with Crippen molar-refractivity contribution < 1.29 is 28.6 Å². The van der Waals surface area contributed by atoms with Crippen LogP contribution in [0.5, 0.6) is 5.75 Å². The highest BCUT2D eigenvalue weighted by Crippen LogP contribution is 2.52. The Morgan fingerprint density at radius 3 is 2.84 bits per heavy atom. The number of hydrogen-bond acceptors (Lipinski definition) is 6. The second-order valence-electron chi connectivity index (χ2n) is 6.39. The summed E-state index contributed by atoms with van der Waals surface area (Å²) in [5, 5.41) is 0. The van der Waals surface area contributed by atoms with Gasteiger partial charge in [0.1, 0.15) is 18.0 Å². The van der Waals surface area contributed by atoms with Gasteiger partial charge in [-0.25, -0.2) is 4.90 Å². The van der Waals surface area contributed by atoms with Gasteiger partial charge in [-0.05, 0) is 18.2 Å². The SMILES string of the molecule is COc1cccc(N2C(=O)[C@H]3[C@H]4C=C[C@@](COC(C)=O)(O4)[C@H]3C2=O)c1. The Balaban J connectivity index is 1.69. The van der Waals surface area contributed by atoms with Gasteiger partial charge in [-0.2, -0.15) is 0 Å². The second kappa shape index (κ2) is 5.42. The Morgan fingerprint density at radius 2 is 2.12 bits per heavy atom. The summed E-state index contributed by atoms with van der Waals surface area (Å²) in [6, 6.07) is 6.80. The molecule has 4 atom stereocenters. The lowest BCUT2D eigenvalue weighted by Crippen LogP contribution is -2.44. The van der Waals surface area contributed by atoms with Crippen LogP contribution in [-0.4, -0.2) is 43.2 Å². The van der Waals surface area contributed by atoms with Crippen molar-refractivity contribution >= 4 is 23.5 Å². The summed E-state index contributed by atoms with van der Waals surface area (Å²) in [7, 11) is 1.52. The maximum Gasteiger partial charge on any atom is 0.302 e. The van der Waals surface area contributed by atoms with Crippen molar-refractivity contribution in [3.63, 3.8) is 0 Å². The monoisotopic (exact) mass is 343 g/mol. The molecule has 0 unspecified atom stereocenters. The Kier molecular flexibility index (Phi) is 3.43. The summed E-state index contributed by atoms with van der Waals surface area (Å²) in [5.74, 6) is -1.84. The Hall–Kier alpha value is -2.67. The van der Waals surface area contributed by atoms with Crippen molar-refractivity contribution in [2.24, 2.45) is 11.8 Å². The standard InChI is InChI=1S/C18H17NO6/c1-10(20)24-9-18-7-6-13(25-18)14-15(18)17(22)19(16(14)21)11-4-3-5-12(8-11)23-2/h3-8,13-15H,9H2,1-2H3/t13-,14+,15-,18+/m1/s1. The number of rotatable bonds is 4. The Bertz CT molecular complexity index is 803. The largest absolute Gasteiger partial charge is 0.497 e. The second-order valence-corrected chi connectivity index (χ2v) is 6.39. The first kappa shape index (κ1) is 15.8. The van der Waals surface area contributed by atoms with Crippen LogP contribution in [0.2, 0.25) is 0 Å². The van der Waals surface area contributed by atoms with Crippen molar-refractivity contribution in [3.05, 3.63) is 36.4 Å². The van der Waals surface area contributed by atoms with E-state index in [0.29, 0.717) is 11.4 Å². The molecule has 2 saturated heterocycles. The summed E-state index contributed by atoms with van der Waals surface area (Å²) in [6.45, 7) is 1.21. The van der Waals surface area contributed by atoms with Gasteiger partial charge in [0.05, 0.1) is 30.7 Å². The summed E-state index contributed by atoms with van der Waals surface area (Å²) >= 11 is 0. The van der Waals surface area contributed by atoms with Crippen molar-refractivity contribution in [1.82, 2.24) is 0 Å². The van der Waals surface area contributed by atoms with E-state index in [9.17, 15) is 14.4 Å². The molecule has 4 rings (SSSR count). The topological polar surface area (TPSA) is 82.1 Å². The van der Waals surface area contributed by atoms with E-state index in [1.807, 2.05) is 0 Å². The number of fused-ring (bicyclic) bond motifs is 5. The third-order valence-electron chi connectivity index (χ3n) is 4.97. The van der Waals surface area contributed by atoms with Gasteiger partial charge in [0.15, 0.2) is 0 Å². The number of hydrogen-bond donors (Lipinski definition) is 0. The lowest BCUT2D eigenvalue weighted by molar-refractivity contribution is -0.150. The number of methoxy groups -OCH3 is 1. The van der Waals surface area contributed by atoms with Gasteiger partial charge in [0.25, 0.3) is 0 Å². The fourth-order valence-corrected chi connectivity index (χ4v) is 3.89. The molecule has 130 valence electrons. The Morgan fingerprint density at radius 1 is 1.32 bits per heavy atom. The molecule has 0 aromatic heterocycles. The van der Waals surface area contributed by atoms with Crippen LogP contribution in [0.15, 0.2) is 36.4 Å². The first-order chi connectivity index (χ1) is 12.0. The number of carbonyl (C=O) groups excluding carboxylic acids is 3. The van der Waals surface area contributed by atoms with E-state index in [4.69, 9.17) is 14.2 Å². The molecule has 7 nitrogen and oxygen atoms in total. The summed E-state index contributed by atoms with van der Waals surface area (Å²) in [4.78, 5) is 38.3. The van der Waals surface area contributed by atoms with E-state index in [0.717, 1.165) is 0 Å². The van der Waals surface area contributed by atoms with E-state index in [2.05, 4.69) is 0 Å². The summed E-state index contributed by atoms with van der Waals surface area (Å²) < 4.78 is 16.1. The van der Waals surface area contributed by atoms with Crippen LogP contribution < -0.4 is 9.64 Å². The molecule has 1 aromatic rings. The predicted molar refractivity (Wildman–Crippen MR) is 85.8 cm³/mol. The maximum atomic E-state index is 13.0. The number of anilines is 1. The molecule has 7 heteroatoms. The van der Waals surface area contributed by atoms with E-state index >= 15 is 0 Å². The van der Waals surface area contributed by atoms with Gasteiger partial charge in [-0.3, -0.25) is 14.4 Å². The van der Waals surface area contributed by atoms with Crippen LogP contribution in [0.25, 0.3) is 0 Å². The Labute approximate surface area is 144 Å². The minimum absolute atomic E-state index is 0.0819. The quantitative estimate of drug-likeness (QED) is 0.462. The molecule has 0 radical (unpaired) electrons. The minimum Gasteiger partial charge on any atom is -0.497 e. The summed E-state index contributed by atoms with van der Waals surface area (Å²) in [6.07, 6.45) is 3.03. The normalized spacial score (nSPS) is 32.2. The molecule has 3 heterocycles. The molecular formula is C18H17NO6. The number of ether oxygens (including phenoxy) is 3. The fraction of sp³-hybridized carbons (Fsp3) is 0.389. The first-order valence-corrected chi connectivity index (χ1v) is 7.99. The molecule has 25 heavy (non-hydrogen) atoms. The zero-order chi connectivity index (χ0) is 17.8. The van der Waals surface area contributed by atoms with Crippen LogP contribution in [0.4, 0.5) is 5.69 Å². The highest BCUT2D eigenvalue weighted by Gasteiger charge is 2.68. The number of nitrogens with zero attached hydrogens (tertiary/aromatic N) is 1. The molecule has 2 fully saturated rings. The van der Waals surface area contributed by atoms with Gasteiger partial charge in [-0.15, -0.1) is 0 Å². The van der Waals surface area contributed by atoms with Crippen LogP contribution in [0, 0.1) is 11.8 Å². The number of esters is 1. The van der Waals surface area contributed by atoms with E-state index in [1.54, 1.807) is 36.4 Å². The zero-order valence-corrected chi connectivity index (χ0v) is 13.8. The summed E-state index contributed by atoms with van der Waals surface area (Å²) in [5.41, 5.74) is -0.604. The lowest BCUT2D eigenvalue weighted by atomic mass is 9.77. The van der Waals surface area contributed by atoms with E-state index < -0.39 is 29.5 Å². The third-order valence-corrected chi connectivity index (χ3v) is 4.97. The van der Waals surface area contributed by atoms with Gasteiger partial charge < -0.3 is 14.2 Å². The number of amides is 2. The average molecular weight is 343 g/mol. The predicted octanol–water partition coefficient (Wildman–Crippen LogP) is 1.07. The average Bonchev–Trinajstić information content (AvgIpc) is 3.24. The van der Waals surface area contributed by atoms with Gasteiger partial charge >= 0.3 is 5.97 Å².